The highest BCUT2D eigenvalue weighted by Gasteiger charge is 2.40. The van der Waals surface area contributed by atoms with E-state index in [1.807, 2.05) is 63.8 Å². The van der Waals surface area contributed by atoms with Crippen molar-refractivity contribution in [2.24, 2.45) is 5.92 Å². The Morgan fingerprint density at radius 3 is 2.81 bits per heavy atom. The van der Waals surface area contributed by atoms with E-state index in [1.165, 1.54) is 0 Å². The van der Waals surface area contributed by atoms with Crippen molar-refractivity contribution < 1.29 is 9.59 Å². The molecule has 0 saturated carbocycles. The average molecular weight is 447 g/mol. The molecule has 4 heterocycles. The minimum Gasteiger partial charge on any atom is -0.342 e. The molecular weight excluding hydrogens is 420 g/mol. The van der Waals surface area contributed by atoms with Crippen molar-refractivity contribution >= 4 is 23.2 Å². The Bertz CT molecular complexity index is 1090. The van der Waals surface area contributed by atoms with Crippen molar-refractivity contribution in [2.45, 2.75) is 38.3 Å². The van der Waals surface area contributed by atoms with Gasteiger partial charge in [0.05, 0.1) is 12.1 Å². The molecule has 0 bridgehead atoms. The summed E-state index contributed by atoms with van der Waals surface area (Å²) in [5.41, 5.74) is 2.97. The average Bonchev–Trinajstić information content (AvgIpc) is 3.30. The predicted octanol–water partition coefficient (Wildman–Crippen LogP) is 3.79. The molecule has 2 amide bonds. The number of aromatic nitrogens is 2. The molecule has 2 aliphatic heterocycles. The lowest BCUT2D eigenvalue weighted by molar-refractivity contribution is -0.144. The number of hydrogen-bond acceptors (Lipinski definition) is 5. The molecule has 6 nitrogen and oxygen atoms in total. The third-order valence-electron chi connectivity index (χ3n) is 6.48. The molecule has 5 rings (SSSR count). The number of nitrogens with zero attached hydrogens (tertiary/aromatic N) is 4. The number of carbonyl (C=O) groups is 2. The number of rotatable bonds is 5. The van der Waals surface area contributed by atoms with E-state index in [0.717, 1.165) is 41.2 Å². The molecular formula is C25H26N4O2S. The van der Waals surface area contributed by atoms with E-state index in [0.29, 0.717) is 31.8 Å². The van der Waals surface area contributed by atoms with Crippen LogP contribution in [0.2, 0.25) is 0 Å². The Morgan fingerprint density at radius 2 is 2.00 bits per heavy atom. The van der Waals surface area contributed by atoms with Gasteiger partial charge in [-0.1, -0.05) is 36.4 Å². The molecule has 7 heteroatoms. The maximum atomic E-state index is 13.0. The Morgan fingerprint density at radius 1 is 1.12 bits per heavy atom. The van der Waals surface area contributed by atoms with Crippen molar-refractivity contribution in [3.8, 4) is 10.6 Å². The summed E-state index contributed by atoms with van der Waals surface area (Å²) >= 11 is 1.58. The van der Waals surface area contributed by atoms with Crippen LogP contribution in [0.15, 0.2) is 60.2 Å². The lowest BCUT2D eigenvalue weighted by Gasteiger charge is -2.47. The van der Waals surface area contributed by atoms with Crippen molar-refractivity contribution in [2.75, 3.05) is 13.1 Å². The van der Waals surface area contributed by atoms with E-state index in [9.17, 15) is 9.59 Å². The molecule has 0 N–H and O–H groups in total. The second kappa shape index (κ2) is 9.20. The first-order chi connectivity index (χ1) is 15.7. The Hall–Kier alpha value is -3.06. The van der Waals surface area contributed by atoms with Crippen molar-refractivity contribution in [3.63, 3.8) is 0 Å². The van der Waals surface area contributed by atoms with Gasteiger partial charge in [-0.25, -0.2) is 4.98 Å². The minimum absolute atomic E-state index is 0.129. The molecule has 0 spiro atoms. The highest BCUT2D eigenvalue weighted by atomic mass is 32.1. The highest BCUT2D eigenvalue weighted by Crippen LogP contribution is 2.33. The molecule has 2 aliphatic rings. The summed E-state index contributed by atoms with van der Waals surface area (Å²) in [4.78, 5) is 38.5. The van der Waals surface area contributed by atoms with E-state index in [2.05, 4.69) is 9.97 Å². The van der Waals surface area contributed by atoms with Gasteiger partial charge in [-0.15, -0.1) is 11.3 Å². The molecule has 3 aromatic rings. The second-order valence-electron chi connectivity index (χ2n) is 8.56. The van der Waals surface area contributed by atoms with Gasteiger partial charge in [-0.3, -0.25) is 14.6 Å². The van der Waals surface area contributed by atoms with Gasteiger partial charge >= 0.3 is 0 Å². The van der Waals surface area contributed by atoms with Crippen LogP contribution in [0.4, 0.5) is 0 Å². The fourth-order valence-corrected chi connectivity index (χ4v) is 5.67. The number of amides is 2. The van der Waals surface area contributed by atoms with Gasteiger partial charge in [0.25, 0.3) is 0 Å². The lowest BCUT2D eigenvalue weighted by Crippen LogP contribution is -2.56. The third-order valence-corrected chi connectivity index (χ3v) is 7.42. The monoisotopic (exact) mass is 446 g/mol. The molecule has 2 fully saturated rings. The van der Waals surface area contributed by atoms with Gasteiger partial charge in [0.15, 0.2) is 0 Å². The van der Waals surface area contributed by atoms with Crippen LogP contribution in [0.1, 0.15) is 30.5 Å². The number of carbonyl (C=O) groups excluding carboxylic acids is 2. The summed E-state index contributed by atoms with van der Waals surface area (Å²) < 4.78 is 0. The first-order valence-electron chi connectivity index (χ1n) is 11.1. The molecule has 1 aromatic carbocycles. The summed E-state index contributed by atoms with van der Waals surface area (Å²) in [6.45, 7) is 2.01. The van der Waals surface area contributed by atoms with Crippen LogP contribution in [0.3, 0.4) is 0 Å². The molecule has 32 heavy (non-hydrogen) atoms. The zero-order chi connectivity index (χ0) is 21.9. The Labute approximate surface area is 191 Å². The van der Waals surface area contributed by atoms with Crippen LogP contribution in [0, 0.1) is 5.92 Å². The number of hydrogen-bond donors (Lipinski definition) is 0. The largest absolute Gasteiger partial charge is 0.342 e. The van der Waals surface area contributed by atoms with Crippen LogP contribution in [0.25, 0.3) is 10.6 Å². The zero-order valence-corrected chi connectivity index (χ0v) is 18.7. The van der Waals surface area contributed by atoms with E-state index >= 15 is 0 Å². The molecule has 164 valence electrons. The van der Waals surface area contributed by atoms with Gasteiger partial charge in [0.2, 0.25) is 11.8 Å². The maximum absolute atomic E-state index is 13.0. The Kier molecular flexibility index (Phi) is 5.99. The SMILES string of the molecule is O=C(Cc1csc(-c2ccccc2)n1)N1CC[C@H]2[C@H](CCC(=O)N2Cc2cccnc2)C1. The summed E-state index contributed by atoms with van der Waals surface area (Å²) in [6.07, 6.45) is 6.14. The number of likely N-dealkylation sites (tertiary alicyclic amines) is 2. The van der Waals surface area contributed by atoms with Crippen molar-refractivity contribution in [1.82, 2.24) is 19.8 Å². The lowest BCUT2D eigenvalue weighted by atomic mass is 9.83. The number of pyridine rings is 1. The van der Waals surface area contributed by atoms with Gasteiger partial charge in [0.1, 0.15) is 5.01 Å². The summed E-state index contributed by atoms with van der Waals surface area (Å²) in [6, 6.07) is 14.2. The van der Waals surface area contributed by atoms with E-state index in [1.54, 1.807) is 17.5 Å². The summed E-state index contributed by atoms with van der Waals surface area (Å²) in [5.74, 6) is 0.673. The van der Waals surface area contributed by atoms with Gasteiger partial charge in [0, 0.05) is 55.4 Å². The predicted molar refractivity (Wildman–Crippen MR) is 124 cm³/mol. The maximum Gasteiger partial charge on any atom is 0.228 e. The molecule has 0 unspecified atom stereocenters. The first kappa shape index (κ1) is 20.8. The van der Waals surface area contributed by atoms with Gasteiger partial charge in [-0.2, -0.15) is 0 Å². The molecule has 0 aliphatic carbocycles. The Balaban J connectivity index is 1.22. The standard InChI is InChI=1S/C25H26N4O2S/c30-23-9-8-20-16-28(12-10-22(20)29(23)15-18-5-4-11-26-14-18)24(31)13-21-17-32-25(27-21)19-6-2-1-3-7-19/h1-7,11,14,17,20,22H,8-10,12-13,15-16H2/t20-,22+/m1/s1. The molecule has 2 atom stereocenters. The smallest absolute Gasteiger partial charge is 0.228 e. The van der Waals surface area contributed by atoms with Crippen molar-refractivity contribution in [3.05, 3.63) is 71.5 Å². The van der Waals surface area contributed by atoms with Gasteiger partial charge in [-0.05, 0) is 30.4 Å². The number of piperidine rings is 2. The quantitative estimate of drug-likeness (QED) is 0.598. The molecule has 0 radical (unpaired) electrons. The topological polar surface area (TPSA) is 66.4 Å². The number of thiazole rings is 1. The molecule has 2 aromatic heterocycles. The van der Waals surface area contributed by atoms with E-state index in [-0.39, 0.29) is 17.9 Å². The zero-order valence-electron chi connectivity index (χ0n) is 17.9. The third kappa shape index (κ3) is 4.43. The minimum atomic E-state index is 0.129. The fraction of sp³-hybridized carbons (Fsp3) is 0.360. The second-order valence-corrected chi connectivity index (χ2v) is 9.42. The van der Waals surface area contributed by atoms with Crippen LogP contribution < -0.4 is 0 Å². The van der Waals surface area contributed by atoms with Crippen LogP contribution in [0.5, 0.6) is 0 Å². The van der Waals surface area contributed by atoms with E-state index in [4.69, 9.17) is 0 Å². The summed E-state index contributed by atoms with van der Waals surface area (Å²) in [5, 5.41) is 2.94. The van der Waals surface area contributed by atoms with E-state index < -0.39 is 0 Å². The number of fused-ring (bicyclic) bond motifs is 1. The van der Waals surface area contributed by atoms with Crippen molar-refractivity contribution in [1.29, 1.82) is 0 Å². The number of benzene rings is 1. The first-order valence-corrected chi connectivity index (χ1v) is 12.0. The van der Waals surface area contributed by atoms with Crippen LogP contribution in [-0.4, -0.2) is 50.7 Å². The fourth-order valence-electron chi connectivity index (χ4n) is 4.84. The van der Waals surface area contributed by atoms with Crippen LogP contribution >= 0.6 is 11.3 Å². The molecule has 2 saturated heterocycles. The summed E-state index contributed by atoms with van der Waals surface area (Å²) in [7, 11) is 0. The van der Waals surface area contributed by atoms with Crippen LogP contribution in [-0.2, 0) is 22.6 Å². The van der Waals surface area contributed by atoms with Gasteiger partial charge < -0.3 is 9.80 Å². The normalized spacial score (nSPS) is 20.8. The highest BCUT2D eigenvalue weighted by molar-refractivity contribution is 7.13.